The number of alkyl halides is 5. The van der Waals surface area contributed by atoms with Gasteiger partial charge in [0.1, 0.15) is 5.75 Å². The summed E-state index contributed by atoms with van der Waals surface area (Å²) in [6.45, 7) is -1.84. The van der Waals surface area contributed by atoms with E-state index in [0.29, 0.717) is 0 Å². The Morgan fingerprint density at radius 2 is 2.00 bits per heavy atom. The van der Waals surface area contributed by atoms with Crippen LogP contribution in [0.25, 0.3) is 0 Å². The van der Waals surface area contributed by atoms with Crippen LogP contribution in [0.3, 0.4) is 0 Å². The number of aromatic nitrogens is 2. The van der Waals surface area contributed by atoms with Crippen molar-refractivity contribution >= 4 is 34.8 Å². The number of benzene rings is 1. The third kappa shape index (κ3) is 5.46. The zero-order valence-corrected chi connectivity index (χ0v) is 15.1. The van der Waals surface area contributed by atoms with Crippen molar-refractivity contribution in [1.29, 1.82) is 0 Å². The van der Waals surface area contributed by atoms with Gasteiger partial charge >= 0.3 is 12.8 Å². The molecule has 1 aromatic carbocycles. The largest absolute Gasteiger partial charge is 0.436 e. The van der Waals surface area contributed by atoms with Crippen molar-refractivity contribution < 1.29 is 31.5 Å². The number of halogens is 7. The van der Waals surface area contributed by atoms with Crippen LogP contribution in [0.2, 0.25) is 10.0 Å². The molecule has 0 aliphatic carbocycles. The topological polar surface area (TPSA) is 56.2 Å². The highest BCUT2D eigenvalue weighted by Gasteiger charge is 2.38. The molecule has 12 heteroatoms. The quantitative estimate of drug-likeness (QED) is 0.643. The fourth-order valence-corrected chi connectivity index (χ4v) is 2.59. The van der Waals surface area contributed by atoms with Crippen LogP contribution in [0.1, 0.15) is 17.8 Å². The second kappa shape index (κ2) is 8.30. The number of hydrogen-bond acceptors (Lipinski definition) is 3. The molecule has 0 saturated heterocycles. The average molecular weight is 432 g/mol. The normalized spacial score (nSPS) is 11.7. The Morgan fingerprint density at radius 3 is 2.52 bits per heavy atom. The lowest BCUT2D eigenvalue weighted by molar-refractivity contribution is -0.141. The molecule has 1 aromatic heterocycles. The van der Waals surface area contributed by atoms with Crippen LogP contribution in [-0.4, -0.2) is 22.3 Å². The Labute approximate surface area is 160 Å². The van der Waals surface area contributed by atoms with E-state index in [4.69, 9.17) is 23.2 Å². The predicted octanol–water partition coefficient (Wildman–Crippen LogP) is 5.15. The molecular formula is C15H12Cl2F5N3O2. The minimum absolute atomic E-state index is 0.0772. The second-order valence-corrected chi connectivity index (χ2v) is 6.08. The van der Waals surface area contributed by atoms with Crippen molar-refractivity contribution in [1.82, 2.24) is 9.78 Å². The Hall–Kier alpha value is -2.07. The molecule has 0 spiro atoms. The van der Waals surface area contributed by atoms with Crippen LogP contribution < -0.4 is 10.1 Å². The second-order valence-electron chi connectivity index (χ2n) is 5.29. The first kappa shape index (κ1) is 21.2. The zero-order chi connectivity index (χ0) is 20.4. The standard InChI is InChI=1S/C15H12Cl2F5N3O2/c1-7-12(17)13(15(20,21)22)24-25(7)5-4-11(26)23-8-2-3-10(9(16)6-8)27-14(18)19/h2-3,6,14H,4-5H2,1H3,(H,23,26). The highest BCUT2D eigenvalue weighted by Crippen LogP contribution is 2.35. The Bertz CT molecular complexity index is 840. The fraction of sp³-hybridized carbons (Fsp3) is 0.333. The molecule has 0 radical (unpaired) electrons. The van der Waals surface area contributed by atoms with E-state index in [0.717, 1.165) is 10.7 Å². The Kier molecular flexibility index (Phi) is 6.53. The van der Waals surface area contributed by atoms with Gasteiger partial charge in [0.2, 0.25) is 5.91 Å². The third-order valence-electron chi connectivity index (χ3n) is 3.38. The summed E-state index contributed by atoms with van der Waals surface area (Å²) in [6, 6.07) is 3.64. The molecule has 0 saturated carbocycles. The van der Waals surface area contributed by atoms with E-state index in [-0.39, 0.29) is 35.1 Å². The van der Waals surface area contributed by atoms with E-state index < -0.39 is 29.4 Å². The third-order valence-corrected chi connectivity index (χ3v) is 4.13. The number of nitrogens with zero attached hydrogens (tertiary/aromatic N) is 2. The molecule has 1 amide bonds. The van der Waals surface area contributed by atoms with Gasteiger partial charge in [-0.2, -0.15) is 27.1 Å². The summed E-state index contributed by atoms with van der Waals surface area (Å²) in [7, 11) is 0. The molecule has 0 aliphatic heterocycles. The van der Waals surface area contributed by atoms with Crippen molar-refractivity contribution in [3.8, 4) is 5.75 Å². The number of nitrogens with one attached hydrogen (secondary N) is 1. The molecule has 0 unspecified atom stereocenters. The van der Waals surface area contributed by atoms with E-state index in [1.807, 2.05) is 0 Å². The first-order valence-electron chi connectivity index (χ1n) is 7.33. The highest BCUT2D eigenvalue weighted by atomic mass is 35.5. The lowest BCUT2D eigenvalue weighted by Gasteiger charge is -2.10. The number of rotatable bonds is 6. The maximum Gasteiger partial charge on any atom is 0.436 e. The first-order valence-corrected chi connectivity index (χ1v) is 8.09. The molecule has 2 aromatic rings. The molecular weight excluding hydrogens is 420 g/mol. The van der Waals surface area contributed by atoms with Gasteiger partial charge < -0.3 is 10.1 Å². The molecule has 5 nitrogen and oxygen atoms in total. The fourth-order valence-electron chi connectivity index (χ4n) is 2.12. The van der Waals surface area contributed by atoms with E-state index in [1.165, 1.54) is 19.1 Å². The van der Waals surface area contributed by atoms with E-state index in [9.17, 15) is 26.7 Å². The van der Waals surface area contributed by atoms with Gasteiger partial charge in [-0.25, -0.2) is 0 Å². The van der Waals surface area contributed by atoms with Gasteiger partial charge in [0, 0.05) is 12.1 Å². The van der Waals surface area contributed by atoms with Gasteiger partial charge in [-0.05, 0) is 25.1 Å². The lowest BCUT2D eigenvalue weighted by atomic mass is 10.3. The number of aryl methyl sites for hydroxylation is 1. The summed E-state index contributed by atoms with van der Waals surface area (Å²) in [4.78, 5) is 12.0. The predicted molar refractivity (Wildman–Crippen MR) is 88.3 cm³/mol. The highest BCUT2D eigenvalue weighted by molar-refractivity contribution is 6.32. The van der Waals surface area contributed by atoms with Crippen LogP contribution in [0.15, 0.2) is 18.2 Å². The van der Waals surface area contributed by atoms with E-state index in [1.54, 1.807) is 0 Å². The molecule has 1 N–H and O–H groups in total. The van der Waals surface area contributed by atoms with Crippen molar-refractivity contribution in [3.63, 3.8) is 0 Å². The number of ether oxygens (including phenoxy) is 1. The van der Waals surface area contributed by atoms with Gasteiger partial charge in [-0.15, -0.1) is 0 Å². The number of amides is 1. The molecule has 27 heavy (non-hydrogen) atoms. The number of hydrogen-bond donors (Lipinski definition) is 1. The maximum atomic E-state index is 12.8. The van der Waals surface area contributed by atoms with Crippen molar-refractivity contribution in [2.75, 3.05) is 5.32 Å². The summed E-state index contributed by atoms with van der Waals surface area (Å²) in [6.07, 6.45) is -4.91. The minimum atomic E-state index is -4.70. The van der Waals surface area contributed by atoms with E-state index in [2.05, 4.69) is 15.2 Å². The Morgan fingerprint density at radius 1 is 1.33 bits per heavy atom. The summed E-state index contributed by atoms with van der Waals surface area (Å²) < 4.78 is 67.8. The number of carbonyl (C=O) groups is 1. The van der Waals surface area contributed by atoms with Crippen LogP contribution in [0.5, 0.6) is 5.75 Å². The maximum absolute atomic E-state index is 12.8. The van der Waals surface area contributed by atoms with Crippen molar-refractivity contribution in [2.24, 2.45) is 0 Å². The van der Waals surface area contributed by atoms with Crippen LogP contribution >= 0.6 is 23.2 Å². The van der Waals surface area contributed by atoms with Gasteiger partial charge in [0.05, 0.1) is 22.3 Å². The minimum Gasteiger partial charge on any atom is -0.433 e. The van der Waals surface area contributed by atoms with Crippen LogP contribution in [0, 0.1) is 6.92 Å². The summed E-state index contributed by atoms with van der Waals surface area (Å²) >= 11 is 11.4. The van der Waals surface area contributed by atoms with Crippen molar-refractivity contribution in [2.45, 2.75) is 32.7 Å². The average Bonchev–Trinajstić information content (AvgIpc) is 2.83. The molecule has 0 bridgehead atoms. The molecule has 1 heterocycles. The summed E-state index contributed by atoms with van der Waals surface area (Å²) in [5.41, 5.74) is -0.936. The lowest BCUT2D eigenvalue weighted by Crippen LogP contribution is -2.16. The van der Waals surface area contributed by atoms with Crippen LogP contribution in [0.4, 0.5) is 27.6 Å². The molecule has 0 aliphatic rings. The monoisotopic (exact) mass is 431 g/mol. The van der Waals surface area contributed by atoms with Crippen molar-refractivity contribution in [3.05, 3.63) is 39.6 Å². The van der Waals surface area contributed by atoms with Crippen LogP contribution in [-0.2, 0) is 17.5 Å². The molecule has 0 fully saturated rings. The van der Waals surface area contributed by atoms with Gasteiger partial charge in [0.15, 0.2) is 5.69 Å². The zero-order valence-electron chi connectivity index (χ0n) is 13.6. The smallest absolute Gasteiger partial charge is 0.433 e. The molecule has 0 atom stereocenters. The van der Waals surface area contributed by atoms with Gasteiger partial charge in [-0.1, -0.05) is 23.2 Å². The number of carbonyl (C=O) groups excluding carboxylic acids is 1. The summed E-state index contributed by atoms with van der Waals surface area (Å²) in [5.74, 6) is -0.806. The first-order chi connectivity index (χ1) is 12.5. The molecule has 2 rings (SSSR count). The van der Waals surface area contributed by atoms with Gasteiger partial charge in [-0.3, -0.25) is 9.48 Å². The summed E-state index contributed by atoms with van der Waals surface area (Å²) in [5, 5.41) is 5.16. The van der Waals surface area contributed by atoms with E-state index >= 15 is 0 Å². The molecule has 148 valence electrons. The van der Waals surface area contributed by atoms with Gasteiger partial charge in [0.25, 0.3) is 0 Å². The Balaban J connectivity index is 2.00. The SMILES string of the molecule is Cc1c(Cl)c(C(F)(F)F)nn1CCC(=O)Nc1ccc(OC(F)F)c(Cl)c1. The number of anilines is 1.